The molecule has 6 nitrogen and oxygen atoms in total. The van der Waals surface area contributed by atoms with Crippen molar-refractivity contribution in [2.75, 3.05) is 0 Å². The van der Waals surface area contributed by atoms with Gasteiger partial charge in [-0.3, -0.25) is 18.8 Å². The van der Waals surface area contributed by atoms with Gasteiger partial charge >= 0.3 is 0 Å². The maximum Gasteiger partial charge on any atom is 0.282 e. The molecule has 96 valence electrons. The van der Waals surface area contributed by atoms with Crippen LogP contribution in [-0.4, -0.2) is 20.9 Å². The van der Waals surface area contributed by atoms with Crippen molar-refractivity contribution in [3.63, 3.8) is 0 Å². The lowest BCUT2D eigenvalue weighted by Gasteiger charge is -2.18. The number of hydrogen-bond donors (Lipinski definition) is 1. The van der Waals surface area contributed by atoms with E-state index in [9.17, 15) is 9.59 Å². The molecule has 2 aromatic heterocycles. The van der Waals surface area contributed by atoms with Crippen LogP contribution >= 0.6 is 11.3 Å². The Bertz CT molecular complexity index is 639. The van der Waals surface area contributed by atoms with Gasteiger partial charge in [-0.2, -0.15) is 0 Å². The molecule has 1 amide bonds. The van der Waals surface area contributed by atoms with Gasteiger partial charge in [0, 0.05) is 17.8 Å². The van der Waals surface area contributed by atoms with E-state index in [1.165, 1.54) is 21.9 Å². The number of carbonyl (C=O) groups excluding carboxylic acids is 1. The van der Waals surface area contributed by atoms with Crippen molar-refractivity contribution in [3.8, 4) is 0 Å². The SMILES string of the molecule is CC(C)(C)ONC(=O)c1cnc2sccn2c1=O. The lowest BCUT2D eigenvalue weighted by molar-refractivity contribution is -0.0590. The van der Waals surface area contributed by atoms with Crippen LogP contribution in [0.2, 0.25) is 0 Å². The van der Waals surface area contributed by atoms with Crippen molar-refractivity contribution >= 4 is 22.2 Å². The molecule has 2 rings (SSSR count). The van der Waals surface area contributed by atoms with Crippen LogP contribution in [0.25, 0.3) is 4.96 Å². The third-order valence-electron chi connectivity index (χ3n) is 2.04. The molecule has 0 aliphatic carbocycles. The number of amides is 1. The molecule has 0 aliphatic heterocycles. The Hall–Kier alpha value is -1.73. The predicted molar refractivity (Wildman–Crippen MR) is 67.6 cm³/mol. The van der Waals surface area contributed by atoms with Crippen LogP contribution in [0, 0.1) is 0 Å². The standard InChI is InChI=1S/C11H13N3O3S/c1-11(2,3)17-13-8(15)7-6-12-10-14(9(7)16)4-5-18-10/h4-6H,1-3H3,(H,13,15). The molecule has 0 saturated carbocycles. The van der Waals surface area contributed by atoms with Gasteiger partial charge < -0.3 is 0 Å². The van der Waals surface area contributed by atoms with Gasteiger partial charge in [0.1, 0.15) is 5.56 Å². The number of nitrogens with zero attached hydrogens (tertiary/aromatic N) is 2. The van der Waals surface area contributed by atoms with Gasteiger partial charge in [0.2, 0.25) is 0 Å². The van der Waals surface area contributed by atoms with E-state index in [0.29, 0.717) is 4.96 Å². The van der Waals surface area contributed by atoms with Gasteiger partial charge in [0.05, 0.1) is 5.60 Å². The Morgan fingerprint density at radius 3 is 2.89 bits per heavy atom. The highest BCUT2D eigenvalue weighted by Gasteiger charge is 2.17. The van der Waals surface area contributed by atoms with Gasteiger partial charge in [-0.25, -0.2) is 10.5 Å². The molecule has 0 unspecified atom stereocenters. The van der Waals surface area contributed by atoms with Crippen molar-refractivity contribution in [2.45, 2.75) is 26.4 Å². The van der Waals surface area contributed by atoms with Gasteiger partial charge in [-0.1, -0.05) is 0 Å². The summed E-state index contributed by atoms with van der Waals surface area (Å²) in [5.41, 5.74) is 1.27. The molecule has 0 saturated heterocycles. The monoisotopic (exact) mass is 267 g/mol. The van der Waals surface area contributed by atoms with Gasteiger partial charge in [-0.05, 0) is 20.8 Å². The van der Waals surface area contributed by atoms with E-state index in [1.807, 2.05) is 0 Å². The minimum atomic E-state index is -0.594. The van der Waals surface area contributed by atoms with Crippen LogP contribution in [0.15, 0.2) is 22.6 Å². The first-order valence-corrected chi connectivity index (χ1v) is 6.20. The van der Waals surface area contributed by atoms with E-state index in [-0.39, 0.29) is 5.56 Å². The molecule has 0 atom stereocenters. The fourth-order valence-corrected chi connectivity index (χ4v) is 1.91. The van der Waals surface area contributed by atoms with Crippen molar-refractivity contribution in [1.82, 2.24) is 14.9 Å². The van der Waals surface area contributed by atoms with Crippen LogP contribution in [0.4, 0.5) is 0 Å². The highest BCUT2D eigenvalue weighted by Crippen LogP contribution is 2.07. The minimum Gasteiger partial charge on any atom is -0.268 e. The maximum atomic E-state index is 12.0. The molecule has 2 aromatic rings. The molecular formula is C11H13N3O3S. The summed E-state index contributed by atoms with van der Waals surface area (Å²) in [4.78, 5) is 33.5. The third kappa shape index (κ3) is 2.57. The lowest BCUT2D eigenvalue weighted by atomic mass is 10.2. The van der Waals surface area contributed by atoms with E-state index >= 15 is 0 Å². The third-order valence-corrected chi connectivity index (χ3v) is 2.81. The molecule has 7 heteroatoms. The maximum absolute atomic E-state index is 12.0. The summed E-state index contributed by atoms with van der Waals surface area (Å²) in [6.45, 7) is 5.38. The summed E-state index contributed by atoms with van der Waals surface area (Å²) >= 11 is 1.33. The highest BCUT2D eigenvalue weighted by atomic mass is 32.1. The van der Waals surface area contributed by atoms with Crippen LogP contribution in [0.1, 0.15) is 31.1 Å². The Morgan fingerprint density at radius 2 is 2.22 bits per heavy atom. The normalized spacial score (nSPS) is 11.7. The molecule has 2 heterocycles. The molecule has 0 aromatic carbocycles. The fourth-order valence-electron chi connectivity index (χ4n) is 1.23. The summed E-state index contributed by atoms with van der Waals surface area (Å²) in [6, 6.07) is 0. The second kappa shape index (κ2) is 4.51. The number of carbonyl (C=O) groups is 1. The molecule has 0 aliphatic rings. The van der Waals surface area contributed by atoms with Crippen molar-refractivity contribution in [2.24, 2.45) is 0 Å². The largest absolute Gasteiger partial charge is 0.282 e. The van der Waals surface area contributed by atoms with Crippen molar-refractivity contribution in [3.05, 3.63) is 33.7 Å². The summed E-state index contributed by atoms with van der Waals surface area (Å²) in [7, 11) is 0. The number of aromatic nitrogens is 2. The van der Waals surface area contributed by atoms with Gasteiger partial charge in [-0.15, -0.1) is 11.3 Å². The summed E-state index contributed by atoms with van der Waals surface area (Å²) < 4.78 is 1.33. The first kappa shape index (κ1) is 12.7. The zero-order valence-corrected chi connectivity index (χ0v) is 11.1. The number of rotatable bonds is 2. The van der Waals surface area contributed by atoms with Crippen LogP contribution in [0.3, 0.4) is 0 Å². The van der Waals surface area contributed by atoms with Crippen LogP contribution < -0.4 is 11.0 Å². The van der Waals surface area contributed by atoms with Gasteiger partial charge in [0.25, 0.3) is 11.5 Å². The Balaban J connectivity index is 2.28. The van der Waals surface area contributed by atoms with E-state index in [0.717, 1.165) is 0 Å². The number of hydrogen-bond acceptors (Lipinski definition) is 5. The average molecular weight is 267 g/mol. The zero-order valence-electron chi connectivity index (χ0n) is 10.3. The van der Waals surface area contributed by atoms with E-state index in [2.05, 4.69) is 10.5 Å². The smallest absolute Gasteiger partial charge is 0.268 e. The molecule has 18 heavy (non-hydrogen) atoms. The first-order valence-electron chi connectivity index (χ1n) is 5.32. The fraction of sp³-hybridized carbons (Fsp3) is 0.364. The second-order valence-electron chi connectivity index (χ2n) is 4.68. The number of thiazole rings is 1. The van der Waals surface area contributed by atoms with Crippen molar-refractivity contribution < 1.29 is 9.63 Å². The molecule has 0 fully saturated rings. The molecule has 0 radical (unpaired) electrons. The molecule has 0 spiro atoms. The second-order valence-corrected chi connectivity index (χ2v) is 5.55. The highest BCUT2D eigenvalue weighted by molar-refractivity contribution is 7.15. The molecular weight excluding hydrogens is 254 g/mol. The molecule has 0 bridgehead atoms. The van der Waals surface area contributed by atoms with Crippen LogP contribution in [0.5, 0.6) is 0 Å². The lowest BCUT2D eigenvalue weighted by Crippen LogP contribution is -2.36. The average Bonchev–Trinajstić information content (AvgIpc) is 2.74. The van der Waals surface area contributed by atoms with E-state index < -0.39 is 17.1 Å². The number of hydroxylamine groups is 1. The van der Waals surface area contributed by atoms with E-state index in [1.54, 1.807) is 32.3 Å². The summed E-state index contributed by atoms with van der Waals surface area (Å²) in [5.74, 6) is -0.594. The Morgan fingerprint density at radius 1 is 1.50 bits per heavy atom. The summed E-state index contributed by atoms with van der Waals surface area (Å²) in [6.07, 6.45) is 2.84. The number of fused-ring (bicyclic) bond motifs is 1. The zero-order chi connectivity index (χ0) is 13.3. The molecule has 1 N–H and O–H groups in total. The summed E-state index contributed by atoms with van der Waals surface area (Å²) in [5, 5.41) is 1.73. The quantitative estimate of drug-likeness (QED) is 0.830. The topological polar surface area (TPSA) is 72.7 Å². The number of nitrogens with one attached hydrogen (secondary N) is 1. The van der Waals surface area contributed by atoms with Crippen LogP contribution in [-0.2, 0) is 4.84 Å². The first-order chi connectivity index (χ1) is 8.38. The Kier molecular flexibility index (Phi) is 3.18. The van der Waals surface area contributed by atoms with Gasteiger partial charge in [0.15, 0.2) is 4.96 Å². The minimum absolute atomic E-state index is 0.0462. The van der Waals surface area contributed by atoms with E-state index in [4.69, 9.17) is 4.84 Å². The Labute approximate surface area is 107 Å². The predicted octanol–water partition coefficient (Wildman–Crippen LogP) is 1.22. The van der Waals surface area contributed by atoms with Crippen molar-refractivity contribution in [1.29, 1.82) is 0 Å².